The smallest absolute Gasteiger partial charge is 0.0897 e. The number of benzene rings is 1. The van der Waals surface area contributed by atoms with Crippen LogP contribution in [0.2, 0.25) is 0 Å². The Bertz CT molecular complexity index is 505. The molecule has 0 aliphatic carbocycles. The highest BCUT2D eigenvalue weighted by atomic mass is 32.1. The van der Waals surface area contributed by atoms with E-state index < -0.39 is 0 Å². The van der Waals surface area contributed by atoms with Crippen molar-refractivity contribution in [2.75, 3.05) is 6.54 Å². The highest BCUT2D eigenvalue weighted by Gasteiger charge is 2.15. The lowest BCUT2D eigenvalue weighted by Gasteiger charge is -2.17. The van der Waals surface area contributed by atoms with Crippen LogP contribution in [0.25, 0.3) is 0 Å². The van der Waals surface area contributed by atoms with Crippen LogP contribution in [0.4, 0.5) is 0 Å². The minimum Gasteiger partial charge on any atom is -0.306 e. The van der Waals surface area contributed by atoms with E-state index in [1.54, 1.807) is 11.3 Å². The van der Waals surface area contributed by atoms with Crippen molar-refractivity contribution >= 4 is 11.3 Å². The first-order valence-electron chi connectivity index (χ1n) is 6.43. The first-order chi connectivity index (χ1) is 8.70. The molecule has 0 radical (unpaired) electrons. The molecular weight excluding hydrogens is 240 g/mol. The van der Waals surface area contributed by atoms with E-state index in [1.165, 1.54) is 16.0 Å². The molecule has 1 aromatic carbocycles. The summed E-state index contributed by atoms with van der Waals surface area (Å²) in [6, 6.07) is 8.98. The normalized spacial score (nSPS) is 12.6. The van der Waals surface area contributed by atoms with Gasteiger partial charge in [0.1, 0.15) is 0 Å². The van der Waals surface area contributed by atoms with Crippen molar-refractivity contribution in [1.82, 2.24) is 10.3 Å². The molecule has 0 aliphatic rings. The molecule has 1 N–H and O–H groups in total. The van der Waals surface area contributed by atoms with Crippen LogP contribution >= 0.6 is 11.3 Å². The zero-order valence-corrected chi connectivity index (χ0v) is 12.1. The predicted octanol–water partition coefficient (Wildman–Crippen LogP) is 3.85. The van der Waals surface area contributed by atoms with Crippen molar-refractivity contribution in [2.24, 2.45) is 0 Å². The van der Waals surface area contributed by atoms with Gasteiger partial charge in [0.2, 0.25) is 0 Å². The molecule has 1 heterocycles. The van der Waals surface area contributed by atoms with Gasteiger partial charge in [-0.2, -0.15) is 0 Å². The van der Waals surface area contributed by atoms with Crippen molar-refractivity contribution in [2.45, 2.75) is 33.2 Å². The fraction of sp³-hybridized carbons (Fsp3) is 0.400. The molecule has 0 amide bonds. The Morgan fingerprint density at radius 2 is 2.17 bits per heavy atom. The maximum Gasteiger partial charge on any atom is 0.0897 e. The molecule has 0 fully saturated rings. The van der Waals surface area contributed by atoms with Crippen molar-refractivity contribution in [3.8, 4) is 0 Å². The molecule has 96 valence electrons. The minimum absolute atomic E-state index is 0.274. The average molecular weight is 260 g/mol. The second-order valence-electron chi connectivity index (χ2n) is 4.58. The summed E-state index contributed by atoms with van der Waals surface area (Å²) in [5.74, 6) is 0. The second kappa shape index (κ2) is 6.12. The van der Waals surface area contributed by atoms with E-state index in [4.69, 9.17) is 0 Å². The molecule has 0 aliphatic heterocycles. The Kier molecular flexibility index (Phi) is 4.50. The Labute approximate surface area is 113 Å². The van der Waals surface area contributed by atoms with Crippen LogP contribution in [0.1, 0.15) is 40.4 Å². The fourth-order valence-corrected chi connectivity index (χ4v) is 2.92. The van der Waals surface area contributed by atoms with Gasteiger partial charge < -0.3 is 5.32 Å². The Morgan fingerprint density at radius 1 is 1.33 bits per heavy atom. The average Bonchev–Trinajstić information content (AvgIpc) is 2.76. The predicted molar refractivity (Wildman–Crippen MR) is 78.2 cm³/mol. The summed E-state index contributed by atoms with van der Waals surface area (Å²) in [4.78, 5) is 5.67. The van der Waals surface area contributed by atoms with E-state index in [2.05, 4.69) is 55.3 Å². The Hall–Kier alpha value is -1.19. The third-order valence-electron chi connectivity index (χ3n) is 2.90. The van der Waals surface area contributed by atoms with Crippen LogP contribution in [-0.4, -0.2) is 11.5 Å². The summed E-state index contributed by atoms with van der Waals surface area (Å²) >= 11 is 1.77. The molecule has 0 saturated carbocycles. The third kappa shape index (κ3) is 3.18. The lowest BCUT2D eigenvalue weighted by molar-refractivity contribution is 0.605. The zero-order valence-electron chi connectivity index (χ0n) is 11.2. The Morgan fingerprint density at radius 3 is 2.78 bits per heavy atom. The zero-order chi connectivity index (χ0) is 13.0. The number of rotatable bonds is 5. The molecule has 1 atom stereocenters. The van der Waals surface area contributed by atoms with E-state index in [0.29, 0.717) is 0 Å². The topological polar surface area (TPSA) is 24.9 Å². The van der Waals surface area contributed by atoms with Gasteiger partial charge in [-0.1, -0.05) is 36.8 Å². The largest absolute Gasteiger partial charge is 0.306 e. The third-order valence-corrected chi connectivity index (χ3v) is 3.88. The lowest BCUT2D eigenvalue weighted by Crippen LogP contribution is -2.22. The van der Waals surface area contributed by atoms with Gasteiger partial charge in [-0.25, -0.2) is 4.98 Å². The second-order valence-corrected chi connectivity index (χ2v) is 5.85. The van der Waals surface area contributed by atoms with Gasteiger partial charge >= 0.3 is 0 Å². The van der Waals surface area contributed by atoms with Crippen molar-refractivity contribution < 1.29 is 0 Å². The molecular formula is C15H20N2S. The van der Waals surface area contributed by atoms with E-state index in [1.807, 2.05) is 6.20 Å². The van der Waals surface area contributed by atoms with E-state index in [0.717, 1.165) is 18.0 Å². The van der Waals surface area contributed by atoms with Gasteiger partial charge in [-0.3, -0.25) is 0 Å². The molecule has 0 spiro atoms. The summed E-state index contributed by atoms with van der Waals surface area (Å²) in [7, 11) is 0. The molecule has 2 rings (SSSR count). The molecule has 3 heteroatoms. The molecule has 1 aromatic heterocycles. The van der Waals surface area contributed by atoms with Gasteiger partial charge in [0.25, 0.3) is 0 Å². The SMILES string of the molecule is CCCNC(c1cccc(C)c1)c1cnc(C)s1. The monoisotopic (exact) mass is 260 g/mol. The molecule has 1 unspecified atom stereocenters. The number of aromatic nitrogens is 1. The minimum atomic E-state index is 0.274. The fourth-order valence-electron chi connectivity index (χ4n) is 2.03. The maximum atomic E-state index is 4.37. The molecule has 0 bridgehead atoms. The van der Waals surface area contributed by atoms with Gasteiger partial charge in [-0.05, 0) is 32.4 Å². The standard InChI is InChI=1S/C15H20N2S/c1-4-8-16-15(14-10-17-12(3)18-14)13-7-5-6-11(2)9-13/h5-7,9-10,15-16H,4,8H2,1-3H3. The van der Waals surface area contributed by atoms with Gasteiger partial charge in [-0.15, -0.1) is 11.3 Å². The number of nitrogens with zero attached hydrogens (tertiary/aromatic N) is 1. The van der Waals surface area contributed by atoms with E-state index in [9.17, 15) is 0 Å². The lowest BCUT2D eigenvalue weighted by atomic mass is 10.0. The highest BCUT2D eigenvalue weighted by molar-refractivity contribution is 7.11. The highest BCUT2D eigenvalue weighted by Crippen LogP contribution is 2.27. The summed E-state index contributed by atoms with van der Waals surface area (Å²) in [6.07, 6.45) is 3.13. The number of thiazole rings is 1. The van der Waals surface area contributed by atoms with Gasteiger partial charge in [0.15, 0.2) is 0 Å². The van der Waals surface area contributed by atoms with Gasteiger partial charge in [0.05, 0.1) is 11.0 Å². The summed E-state index contributed by atoms with van der Waals surface area (Å²) in [5, 5.41) is 4.74. The van der Waals surface area contributed by atoms with Crippen LogP contribution in [0, 0.1) is 13.8 Å². The molecule has 18 heavy (non-hydrogen) atoms. The summed E-state index contributed by atoms with van der Waals surface area (Å²) in [6.45, 7) is 7.41. The summed E-state index contributed by atoms with van der Waals surface area (Å²) in [5.41, 5.74) is 2.63. The van der Waals surface area contributed by atoms with E-state index >= 15 is 0 Å². The quantitative estimate of drug-likeness (QED) is 0.883. The van der Waals surface area contributed by atoms with Crippen LogP contribution in [0.5, 0.6) is 0 Å². The van der Waals surface area contributed by atoms with Crippen molar-refractivity contribution in [3.63, 3.8) is 0 Å². The number of hydrogen-bond acceptors (Lipinski definition) is 3. The summed E-state index contributed by atoms with van der Waals surface area (Å²) < 4.78 is 0. The first kappa shape index (κ1) is 13.2. The van der Waals surface area contributed by atoms with Crippen LogP contribution < -0.4 is 5.32 Å². The van der Waals surface area contributed by atoms with Crippen molar-refractivity contribution in [1.29, 1.82) is 0 Å². The van der Waals surface area contributed by atoms with Crippen LogP contribution in [0.15, 0.2) is 30.5 Å². The van der Waals surface area contributed by atoms with Crippen molar-refractivity contribution in [3.05, 3.63) is 51.5 Å². The molecule has 2 aromatic rings. The number of aryl methyl sites for hydroxylation is 2. The Balaban J connectivity index is 2.30. The number of nitrogens with one attached hydrogen (secondary N) is 1. The van der Waals surface area contributed by atoms with Crippen LogP contribution in [-0.2, 0) is 0 Å². The van der Waals surface area contributed by atoms with E-state index in [-0.39, 0.29) is 6.04 Å². The first-order valence-corrected chi connectivity index (χ1v) is 7.24. The van der Waals surface area contributed by atoms with Gasteiger partial charge in [0, 0.05) is 11.1 Å². The molecule has 2 nitrogen and oxygen atoms in total. The molecule has 0 saturated heterocycles. The number of hydrogen-bond donors (Lipinski definition) is 1. The maximum absolute atomic E-state index is 4.37. The van der Waals surface area contributed by atoms with Crippen LogP contribution in [0.3, 0.4) is 0 Å².